The van der Waals surface area contributed by atoms with Gasteiger partial charge in [-0.25, -0.2) is 4.57 Å². The van der Waals surface area contributed by atoms with E-state index in [2.05, 4.69) is 45.1 Å². The smallest absolute Gasteiger partial charge is 0.462 e. The molecule has 0 saturated heterocycles. The van der Waals surface area contributed by atoms with E-state index < -0.39 is 57.8 Å². The molecule has 0 rings (SSSR count). The Labute approximate surface area is 378 Å². The second-order valence-corrected chi connectivity index (χ2v) is 18.4. The van der Waals surface area contributed by atoms with Crippen LogP contribution in [0.5, 0.6) is 0 Å². The summed E-state index contributed by atoms with van der Waals surface area (Å²) in [5.41, 5.74) is 0. The summed E-state index contributed by atoms with van der Waals surface area (Å²) in [6, 6.07) is 0. The van der Waals surface area contributed by atoms with Crippen LogP contribution < -0.4 is 0 Å². The molecule has 0 aliphatic heterocycles. The lowest BCUT2D eigenvalue weighted by Gasteiger charge is -2.21. The van der Waals surface area contributed by atoms with E-state index in [9.17, 15) is 28.9 Å². The number of aliphatic hydroxyl groups is 1. The van der Waals surface area contributed by atoms with Crippen LogP contribution in [0.1, 0.15) is 239 Å². The molecule has 11 nitrogen and oxygen atoms in total. The summed E-state index contributed by atoms with van der Waals surface area (Å²) in [6.45, 7) is 4.57. The summed E-state index contributed by atoms with van der Waals surface area (Å²) in [5, 5.41) is 9.72. The standard InChI is InChI=1S/C50H93O11P/c1-4-7-10-13-16-19-21-22-23-24-26-28-30-33-36-39-48(52)57-43-47(61-50(54)41-38-35-32-29-25-20-17-14-11-8-5-2)45-59-62(55,56)58-44-46(42-51)60-49(53)40-37-34-31-27-18-15-12-9-6-3/h16,19,22-23,46-47,51H,4-15,17-18,20-21,24-45H2,1-3H3,(H,55,56)/b19-16-,23-22-. The van der Waals surface area contributed by atoms with Crippen LogP contribution in [0, 0.1) is 0 Å². The molecule has 0 heterocycles. The Hall–Kier alpha value is -2.04. The summed E-state index contributed by atoms with van der Waals surface area (Å²) >= 11 is 0. The highest BCUT2D eigenvalue weighted by Gasteiger charge is 2.28. The zero-order chi connectivity index (χ0) is 45.6. The van der Waals surface area contributed by atoms with Gasteiger partial charge >= 0.3 is 25.7 Å². The first kappa shape index (κ1) is 60.0. The minimum absolute atomic E-state index is 0.170. The molecule has 0 amide bonds. The summed E-state index contributed by atoms with van der Waals surface area (Å²) in [6.07, 6.45) is 41.5. The Morgan fingerprint density at radius 2 is 0.790 bits per heavy atom. The molecular weight excluding hydrogens is 808 g/mol. The van der Waals surface area contributed by atoms with Gasteiger partial charge in [-0.3, -0.25) is 23.4 Å². The number of aliphatic hydroxyl groups excluding tert-OH is 1. The molecule has 62 heavy (non-hydrogen) atoms. The molecule has 0 spiro atoms. The van der Waals surface area contributed by atoms with Gasteiger partial charge in [0.25, 0.3) is 0 Å². The van der Waals surface area contributed by atoms with Crippen LogP contribution in [0.15, 0.2) is 24.3 Å². The van der Waals surface area contributed by atoms with Crippen molar-refractivity contribution in [2.75, 3.05) is 26.4 Å². The van der Waals surface area contributed by atoms with Crippen molar-refractivity contribution in [2.24, 2.45) is 0 Å². The van der Waals surface area contributed by atoms with E-state index in [0.717, 1.165) is 83.5 Å². The normalized spacial score (nSPS) is 13.7. The van der Waals surface area contributed by atoms with Crippen molar-refractivity contribution in [1.82, 2.24) is 0 Å². The summed E-state index contributed by atoms with van der Waals surface area (Å²) in [7, 11) is -4.73. The lowest BCUT2D eigenvalue weighted by molar-refractivity contribution is -0.161. The molecule has 0 aliphatic carbocycles. The Morgan fingerprint density at radius 3 is 1.23 bits per heavy atom. The molecule has 0 aromatic heterocycles. The number of rotatable bonds is 47. The molecule has 12 heteroatoms. The maximum absolute atomic E-state index is 12.8. The van der Waals surface area contributed by atoms with E-state index in [1.165, 1.54) is 96.3 Å². The van der Waals surface area contributed by atoms with Crippen molar-refractivity contribution >= 4 is 25.7 Å². The van der Waals surface area contributed by atoms with Gasteiger partial charge < -0.3 is 24.2 Å². The van der Waals surface area contributed by atoms with E-state index in [1.54, 1.807) is 0 Å². The first-order chi connectivity index (χ1) is 30.2. The van der Waals surface area contributed by atoms with Gasteiger partial charge in [0, 0.05) is 19.3 Å². The Balaban J connectivity index is 4.73. The third-order valence-corrected chi connectivity index (χ3v) is 11.8. The van der Waals surface area contributed by atoms with Crippen LogP contribution in [0.25, 0.3) is 0 Å². The first-order valence-corrected chi connectivity index (χ1v) is 26.7. The van der Waals surface area contributed by atoms with Crippen molar-refractivity contribution in [3.8, 4) is 0 Å². The predicted molar refractivity (Wildman–Crippen MR) is 252 cm³/mol. The second kappa shape index (κ2) is 45.5. The monoisotopic (exact) mass is 901 g/mol. The average Bonchev–Trinajstić information content (AvgIpc) is 3.25. The number of carbonyl (C=O) groups is 3. The largest absolute Gasteiger partial charge is 0.472 e. The second-order valence-electron chi connectivity index (χ2n) is 17.0. The van der Waals surface area contributed by atoms with E-state index in [0.29, 0.717) is 19.3 Å². The number of unbranched alkanes of at least 4 members (excludes halogenated alkanes) is 26. The van der Waals surface area contributed by atoms with Gasteiger partial charge in [-0.1, -0.05) is 193 Å². The van der Waals surface area contributed by atoms with E-state index >= 15 is 0 Å². The van der Waals surface area contributed by atoms with Gasteiger partial charge in [-0.2, -0.15) is 0 Å². The molecule has 0 saturated carbocycles. The van der Waals surface area contributed by atoms with E-state index in [1.807, 2.05) is 0 Å². The predicted octanol–water partition coefficient (Wildman–Crippen LogP) is 13.9. The number of carbonyl (C=O) groups excluding carboxylic acids is 3. The highest BCUT2D eigenvalue weighted by atomic mass is 31.2. The van der Waals surface area contributed by atoms with Gasteiger partial charge in [-0.15, -0.1) is 0 Å². The van der Waals surface area contributed by atoms with E-state index in [-0.39, 0.29) is 25.9 Å². The Morgan fingerprint density at radius 1 is 0.452 bits per heavy atom. The van der Waals surface area contributed by atoms with Gasteiger partial charge in [-0.05, 0) is 51.4 Å². The zero-order valence-corrected chi connectivity index (χ0v) is 40.7. The minimum atomic E-state index is -4.73. The number of allylic oxidation sites excluding steroid dienone is 4. The number of esters is 3. The molecule has 2 N–H and O–H groups in total. The molecule has 0 fully saturated rings. The zero-order valence-electron chi connectivity index (χ0n) is 39.9. The molecule has 0 radical (unpaired) electrons. The molecule has 364 valence electrons. The van der Waals surface area contributed by atoms with Gasteiger partial charge in [0.05, 0.1) is 19.8 Å². The van der Waals surface area contributed by atoms with Crippen molar-refractivity contribution < 1.29 is 52.2 Å². The molecule has 0 aliphatic rings. The molecule has 3 atom stereocenters. The van der Waals surface area contributed by atoms with Crippen LogP contribution in [-0.2, 0) is 42.2 Å². The van der Waals surface area contributed by atoms with Gasteiger partial charge in [0.15, 0.2) is 6.10 Å². The fourth-order valence-electron chi connectivity index (χ4n) is 6.97. The molecule has 3 unspecified atom stereocenters. The lowest BCUT2D eigenvalue weighted by Crippen LogP contribution is -2.30. The number of hydrogen-bond acceptors (Lipinski definition) is 10. The number of phosphoric ester groups is 1. The average molecular weight is 901 g/mol. The van der Waals surface area contributed by atoms with Crippen molar-refractivity contribution in [1.29, 1.82) is 0 Å². The third-order valence-electron chi connectivity index (χ3n) is 10.9. The van der Waals surface area contributed by atoms with Crippen molar-refractivity contribution in [2.45, 2.75) is 251 Å². The quantitative estimate of drug-likeness (QED) is 0.0197. The Kier molecular flexibility index (Phi) is 44.0. The molecular formula is C50H93O11P. The number of hydrogen-bond donors (Lipinski definition) is 2. The first-order valence-electron chi connectivity index (χ1n) is 25.2. The van der Waals surface area contributed by atoms with Gasteiger partial charge in [0.1, 0.15) is 12.7 Å². The van der Waals surface area contributed by atoms with Crippen molar-refractivity contribution in [3.63, 3.8) is 0 Å². The minimum Gasteiger partial charge on any atom is -0.462 e. The van der Waals surface area contributed by atoms with Crippen LogP contribution >= 0.6 is 7.82 Å². The SMILES string of the molecule is CCCCC/C=C\C/C=C\CCCCCCCC(=O)OCC(COP(=O)(O)OCC(CO)OC(=O)CCCCCCCCCCC)OC(=O)CCCCCCCCCCCCC. The van der Waals surface area contributed by atoms with Crippen LogP contribution in [0.4, 0.5) is 0 Å². The highest BCUT2D eigenvalue weighted by Crippen LogP contribution is 2.43. The maximum Gasteiger partial charge on any atom is 0.472 e. The van der Waals surface area contributed by atoms with Gasteiger partial charge in [0.2, 0.25) is 0 Å². The summed E-state index contributed by atoms with van der Waals surface area (Å²) < 4.78 is 39.2. The lowest BCUT2D eigenvalue weighted by atomic mass is 10.1. The van der Waals surface area contributed by atoms with E-state index in [4.69, 9.17) is 23.3 Å². The molecule has 0 aromatic rings. The summed E-state index contributed by atoms with van der Waals surface area (Å²) in [4.78, 5) is 48.1. The summed E-state index contributed by atoms with van der Waals surface area (Å²) in [5.74, 6) is -1.47. The highest BCUT2D eigenvalue weighted by molar-refractivity contribution is 7.47. The molecule has 0 aromatic carbocycles. The van der Waals surface area contributed by atoms with Crippen LogP contribution in [0.3, 0.4) is 0 Å². The van der Waals surface area contributed by atoms with Crippen molar-refractivity contribution in [3.05, 3.63) is 24.3 Å². The van der Waals surface area contributed by atoms with Crippen LogP contribution in [0.2, 0.25) is 0 Å². The number of phosphoric acid groups is 1. The molecule has 0 bridgehead atoms. The van der Waals surface area contributed by atoms with Crippen LogP contribution in [-0.4, -0.2) is 66.5 Å². The fraction of sp³-hybridized carbons (Fsp3) is 0.860. The number of ether oxygens (including phenoxy) is 3. The topological polar surface area (TPSA) is 155 Å². The Bertz CT molecular complexity index is 1140. The fourth-order valence-corrected chi connectivity index (χ4v) is 7.76. The third kappa shape index (κ3) is 43.2. The maximum atomic E-state index is 12.8.